The van der Waals surface area contributed by atoms with Crippen molar-refractivity contribution in [2.45, 2.75) is 6.04 Å². The van der Waals surface area contributed by atoms with Crippen LogP contribution in [0.5, 0.6) is 0 Å². The Balaban J connectivity index is 2.70. The molecule has 0 fully saturated rings. The van der Waals surface area contributed by atoms with Gasteiger partial charge in [0, 0.05) is 6.04 Å². The zero-order valence-corrected chi connectivity index (χ0v) is 6.10. The highest BCUT2D eigenvalue weighted by Gasteiger charge is 1.98. The lowest BCUT2D eigenvalue weighted by Gasteiger charge is -1.97. The number of nitrogens with two attached hydrogens (primary N) is 1. The van der Waals surface area contributed by atoms with Crippen molar-refractivity contribution in [1.29, 1.82) is 0 Å². The highest BCUT2D eigenvalue weighted by Crippen LogP contribution is 2.04. The van der Waals surface area contributed by atoms with Gasteiger partial charge in [-0.15, -0.1) is 0 Å². The summed E-state index contributed by atoms with van der Waals surface area (Å²) in [5, 5.41) is 2.78. The number of nitrogens with zero attached hydrogens (tertiary/aromatic N) is 1. The fraction of sp³-hybridized carbons (Fsp3) is 0.250. The summed E-state index contributed by atoms with van der Waals surface area (Å²) in [6.45, 7) is 0.200. The van der Waals surface area contributed by atoms with Crippen LogP contribution in [-0.2, 0) is 0 Å². The Labute approximate surface area is 65.3 Å². The average molecular weight is 150 g/mol. The monoisotopic (exact) mass is 150 g/mol. The molecule has 1 aliphatic rings. The molecule has 0 spiro atoms. The molecule has 0 aromatic carbocycles. The predicted molar refractivity (Wildman–Crippen MR) is 45.0 cm³/mol. The molecule has 0 bridgehead atoms. The number of allylic oxidation sites excluding steroid dienone is 2. The van der Waals surface area contributed by atoms with Crippen LogP contribution in [0.3, 0.4) is 0 Å². The maximum Gasteiger partial charge on any atom is 0.106 e. The van der Waals surface area contributed by atoms with E-state index in [4.69, 9.17) is 5.73 Å². The minimum atomic E-state index is -0.0956. The summed E-state index contributed by atoms with van der Waals surface area (Å²) in [7, 11) is 0. The molecule has 58 valence electrons. The van der Waals surface area contributed by atoms with Crippen molar-refractivity contribution >= 4 is 0 Å². The minimum Gasteiger partial charge on any atom is -0.321 e. The third kappa shape index (κ3) is 2.47. The molecular formula is C8H10N2O. The van der Waals surface area contributed by atoms with Crippen LogP contribution in [0.4, 0.5) is 0 Å². The molecule has 0 saturated carbocycles. The van der Waals surface area contributed by atoms with E-state index in [1.165, 1.54) is 0 Å². The van der Waals surface area contributed by atoms with E-state index in [1.54, 1.807) is 0 Å². The van der Waals surface area contributed by atoms with Crippen molar-refractivity contribution < 1.29 is 0 Å². The Morgan fingerprint density at radius 1 is 1.55 bits per heavy atom. The molecule has 0 radical (unpaired) electrons. The number of nitroso groups, excluding NO2 is 1. The topological polar surface area (TPSA) is 55.4 Å². The Morgan fingerprint density at radius 3 is 3.09 bits per heavy atom. The fourth-order valence-corrected chi connectivity index (χ4v) is 0.910. The van der Waals surface area contributed by atoms with Gasteiger partial charge in [-0.25, -0.2) is 0 Å². The summed E-state index contributed by atoms with van der Waals surface area (Å²) in [6.07, 6.45) is 9.23. The summed E-state index contributed by atoms with van der Waals surface area (Å²) < 4.78 is 0. The van der Waals surface area contributed by atoms with E-state index in [0.29, 0.717) is 0 Å². The van der Waals surface area contributed by atoms with E-state index in [1.807, 2.05) is 30.4 Å². The number of hydrogen-bond acceptors (Lipinski definition) is 3. The fourth-order valence-electron chi connectivity index (χ4n) is 0.910. The van der Waals surface area contributed by atoms with Crippen molar-refractivity contribution in [1.82, 2.24) is 0 Å². The van der Waals surface area contributed by atoms with Crippen LogP contribution in [0.15, 0.2) is 41.1 Å². The molecular weight excluding hydrogens is 140 g/mol. The van der Waals surface area contributed by atoms with Crippen molar-refractivity contribution in [3.63, 3.8) is 0 Å². The maximum atomic E-state index is 9.91. The second-order valence-electron chi connectivity index (χ2n) is 2.35. The molecule has 1 aliphatic carbocycles. The van der Waals surface area contributed by atoms with Gasteiger partial charge in [-0.2, -0.15) is 4.91 Å². The number of rotatable bonds is 2. The smallest absolute Gasteiger partial charge is 0.106 e. The molecule has 0 aromatic heterocycles. The lowest BCUT2D eigenvalue weighted by Crippen LogP contribution is -2.13. The van der Waals surface area contributed by atoms with Crippen LogP contribution < -0.4 is 5.73 Å². The van der Waals surface area contributed by atoms with E-state index in [0.717, 1.165) is 5.57 Å². The van der Waals surface area contributed by atoms with Gasteiger partial charge in [-0.1, -0.05) is 35.6 Å². The molecule has 2 N–H and O–H groups in total. The first-order valence-corrected chi connectivity index (χ1v) is 3.43. The van der Waals surface area contributed by atoms with Gasteiger partial charge in [0.1, 0.15) is 6.54 Å². The SMILES string of the molecule is NC1C=CC=CC(CN=O)=C1. The lowest BCUT2D eigenvalue weighted by atomic mass is 10.2. The molecule has 0 aliphatic heterocycles. The van der Waals surface area contributed by atoms with Crippen molar-refractivity contribution in [2.75, 3.05) is 6.54 Å². The molecule has 0 aromatic rings. The molecule has 1 rings (SSSR count). The Bertz CT molecular complexity index is 228. The van der Waals surface area contributed by atoms with Gasteiger partial charge in [-0.3, -0.25) is 0 Å². The number of hydrogen-bond donors (Lipinski definition) is 1. The average Bonchev–Trinajstić information content (AvgIpc) is 2.15. The molecule has 3 heteroatoms. The van der Waals surface area contributed by atoms with E-state index in [9.17, 15) is 4.91 Å². The minimum absolute atomic E-state index is 0.0956. The van der Waals surface area contributed by atoms with Crippen LogP contribution in [0.1, 0.15) is 0 Å². The van der Waals surface area contributed by atoms with Crippen LogP contribution in [0.2, 0.25) is 0 Å². The van der Waals surface area contributed by atoms with Gasteiger partial charge in [-0.05, 0) is 5.57 Å². The van der Waals surface area contributed by atoms with E-state index >= 15 is 0 Å². The van der Waals surface area contributed by atoms with Gasteiger partial charge in [0.2, 0.25) is 0 Å². The Hall–Kier alpha value is -1.22. The molecule has 1 unspecified atom stereocenters. The van der Waals surface area contributed by atoms with Crippen molar-refractivity contribution in [3.05, 3.63) is 40.9 Å². The normalized spacial score (nSPS) is 22.6. The van der Waals surface area contributed by atoms with Crippen LogP contribution in [0.25, 0.3) is 0 Å². The van der Waals surface area contributed by atoms with E-state index < -0.39 is 0 Å². The van der Waals surface area contributed by atoms with Crippen molar-refractivity contribution in [2.24, 2.45) is 10.9 Å². The van der Waals surface area contributed by atoms with Crippen LogP contribution in [-0.4, -0.2) is 12.6 Å². The first-order valence-electron chi connectivity index (χ1n) is 3.43. The van der Waals surface area contributed by atoms with Gasteiger partial charge >= 0.3 is 0 Å². The first-order chi connectivity index (χ1) is 5.33. The van der Waals surface area contributed by atoms with Crippen LogP contribution >= 0.6 is 0 Å². The lowest BCUT2D eigenvalue weighted by molar-refractivity contribution is 1.01. The summed E-state index contributed by atoms with van der Waals surface area (Å²) >= 11 is 0. The summed E-state index contributed by atoms with van der Waals surface area (Å²) in [6, 6.07) is -0.0956. The van der Waals surface area contributed by atoms with Gasteiger partial charge in [0.25, 0.3) is 0 Å². The highest BCUT2D eigenvalue weighted by atomic mass is 16.3. The van der Waals surface area contributed by atoms with Crippen LogP contribution in [0, 0.1) is 4.91 Å². The first kappa shape index (κ1) is 7.88. The molecule has 3 nitrogen and oxygen atoms in total. The zero-order valence-electron chi connectivity index (χ0n) is 6.10. The largest absolute Gasteiger partial charge is 0.321 e. The van der Waals surface area contributed by atoms with E-state index in [2.05, 4.69) is 5.18 Å². The van der Waals surface area contributed by atoms with Crippen molar-refractivity contribution in [3.8, 4) is 0 Å². The van der Waals surface area contributed by atoms with Gasteiger partial charge in [0.15, 0.2) is 0 Å². The second kappa shape index (κ2) is 3.83. The molecule has 0 saturated heterocycles. The molecule has 1 atom stereocenters. The quantitative estimate of drug-likeness (QED) is 0.600. The van der Waals surface area contributed by atoms with E-state index in [-0.39, 0.29) is 12.6 Å². The highest BCUT2D eigenvalue weighted by molar-refractivity contribution is 5.30. The second-order valence-corrected chi connectivity index (χ2v) is 2.35. The van der Waals surface area contributed by atoms with Gasteiger partial charge in [0.05, 0.1) is 0 Å². The summed E-state index contributed by atoms with van der Waals surface area (Å²) in [4.78, 5) is 9.91. The maximum absolute atomic E-state index is 9.91. The third-order valence-corrected chi connectivity index (χ3v) is 1.41. The zero-order chi connectivity index (χ0) is 8.10. The molecule has 11 heavy (non-hydrogen) atoms. The third-order valence-electron chi connectivity index (χ3n) is 1.41. The Morgan fingerprint density at radius 2 is 2.36 bits per heavy atom. The molecule has 0 heterocycles. The summed E-state index contributed by atoms with van der Waals surface area (Å²) in [5.74, 6) is 0. The molecule has 0 amide bonds. The predicted octanol–water partition coefficient (Wildman–Crippen LogP) is 1.13. The van der Waals surface area contributed by atoms with Gasteiger partial charge < -0.3 is 5.73 Å². The Kier molecular flexibility index (Phi) is 2.74. The summed E-state index contributed by atoms with van der Waals surface area (Å²) in [5.41, 5.74) is 6.48. The standard InChI is InChI=1S/C8H10N2O/c9-8-4-2-1-3-7(5-8)6-10-11/h1-5,8H,6,9H2.